The molecule has 136 valence electrons. The Morgan fingerprint density at radius 3 is 2.43 bits per heavy atom. The Morgan fingerprint density at radius 1 is 0.929 bits per heavy atom. The first kappa shape index (κ1) is 18.1. The van der Waals surface area contributed by atoms with Crippen molar-refractivity contribution in [2.24, 2.45) is 5.10 Å². The topological polar surface area (TPSA) is 54.4 Å². The molecule has 3 aromatic carbocycles. The summed E-state index contributed by atoms with van der Waals surface area (Å²) in [6.07, 6.45) is 1.62. The maximum absolute atomic E-state index is 12.8. The van der Waals surface area contributed by atoms with Crippen molar-refractivity contribution in [2.75, 3.05) is 0 Å². The number of carbonyl (C=O) groups is 1. The summed E-state index contributed by atoms with van der Waals surface area (Å²) in [4.78, 5) is 17.5. The Morgan fingerprint density at radius 2 is 1.64 bits per heavy atom. The molecule has 4 aromatic rings. The summed E-state index contributed by atoms with van der Waals surface area (Å²) in [5.41, 5.74) is 6.54. The van der Waals surface area contributed by atoms with E-state index in [9.17, 15) is 4.79 Å². The van der Waals surface area contributed by atoms with E-state index in [1.807, 2.05) is 84.9 Å². The van der Waals surface area contributed by atoms with Crippen LogP contribution >= 0.6 is 15.9 Å². The Labute approximate surface area is 171 Å². The van der Waals surface area contributed by atoms with Crippen LogP contribution < -0.4 is 5.43 Å². The van der Waals surface area contributed by atoms with E-state index >= 15 is 0 Å². The molecule has 0 saturated heterocycles. The van der Waals surface area contributed by atoms with E-state index in [-0.39, 0.29) is 5.91 Å². The van der Waals surface area contributed by atoms with Crippen LogP contribution in [0.15, 0.2) is 94.5 Å². The third kappa shape index (κ3) is 4.00. The van der Waals surface area contributed by atoms with Gasteiger partial charge in [-0.25, -0.2) is 10.4 Å². The molecule has 0 radical (unpaired) electrons. The minimum Gasteiger partial charge on any atom is -0.267 e. The van der Waals surface area contributed by atoms with Gasteiger partial charge in [0.15, 0.2) is 0 Å². The number of hydrogen-bond acceptors (Lipinski definition) is 3. The molecule has 0 fully saturated rings. The van der Waals surface area contributed by atoms with Gasteiger partial charge in [0.25, 0.3) is 5.91 Å². The number of amides is 1. The molecule has 1 heterocycles. The highest BCUT2D eigenvalue weighted by atomic mass is 79.9. The predicted molar refractivity (Wildman–Crippen MR) is 116 cm³/mol. The second kappa shape index (κ2) is 8.15. The summed E-state index contributed by atoms with van der Waals surface area (Å²) in [6.45, 7) is 0. The lowest BCUT2D eigenvalue weighted by molar-refractivity contribution is 0.0957. The first-order valence-electron chi connectivity index (χ1n) is 8.75. The summed E-state index contributed by atoms with van der Waals surface area (Å²) in [5.74, 6) is -0.274. The first-order chi connectivity index (χ1) is 13.7. The largest absolute Gasteiger partial charge is 0.272 e. The Kier molecular flexibility index (Phi) is 5.26. The van der Waals surface area contributed by atoms with Crippen LogP contribution in [0.25, 0.3) is 22.2 Å². The number of aromatic nitrogens is 1. The lowest BCUT2D eigenvalue weighted by Gasteiger charge is -2.09. The summed E-state index contributed by atoms with van der Waals surface area (Å²) in [6, 6.07) is 26.9. The third-order valence-electron chi connectivity index (χ3n) is 4.28. The van der Waals surface area contributed by atoms with Crippen LogP contribution in [-0.2, 0) is 0 Å². The zero-order valence-corrected chi connectivity index (χ0v) is 16.4. The molecule has 1 amide bonds. The van der Waals surface area contributed by atoms with E-state index < -0.39 is 0 Å². The van der Waals surface area contributed by atoms with Crippen molar-refractivity contribution in [3.63, 3.8) is 0 Å². The molecule has 28 heavy (non-hydrogen) atoms. The SMILES string of the molecule is O=C(NN=Cc1ccc(Br)cc1)c1cc(-c2ccccc2)nc2ccccc12. The molecule has 0 aliphatic heterocycles. The average molecular weight is 430 g/mol. The molecule has 1 aromatic heterocycles. The molecular weight excluding hydrogens is 414 g/mol. The maximum Gasteiger partial charge on any atom is 0.272 e. The van der Waals surface area contributed by atoms with E-state index in [0.29, 0.717) is 5.56 Å². The third-order valence-corrected chi connectivity index (χ3v) is 4.81. The quantitative estimate of drug-likeness (QED) is 0.347. The number of hydrogen-bond donors (Lipinski definition) is 1. The van der Waals surface area contributed by atoms with Gasteiger partial charge in [-0.2, -0.15) is 5.10 Å². The fourth-order valence-electron chi connectivity index (χ4n) is 2.89. The summed E-state index contributed by atoms with van der Waals surface area (Å²) in [5, 5.41) is 4.89. The van der Waals surface area contributed by atoms with Gasteiger partial charge in [-0.1, -0.05) is 76.6 Å². The molecule has 0 saturated carbocycles. The van der Waals surface area contributed by atoms with Crippen LogP contribution in [0.2, 0.25) is 0 Å². The van der Waals surface area contributed by atoms with Crippen molar-refractivity contribution < 1.29 is 4.79 Å². The minimum absolute atomic E-state index is 0.274. The second-order valence-electron chi connectivity index (χ2n) is 6.19. The molecular formula is C23H16BrN3O. The Hall–Kier alpha value is -3.31. The fourth-order valence-corrected chi connectivity index (χ4v) is 3.16. The van der Waals surface area contributed by atoms with Crippen LogP contribution in [-0.4, -0.2) is 17.1 Å². The highest BCUT2D eigenvalue weighted by molar-refractivity contribution is 9.10. The van der Waals surface area contributed by atoms with Crippen LogP contribution in [0.4, 0.5) is 0 Å². The first-order valence-corrected chi connectivity index (χ1v) is 9.54. The number of halogens is 1. The lowest BCUT2D eigenvalue weighted by atomic mass is 10.0. The molecule has 0 aliphatic carbocycles. The summed E-state index contributed by atoms with van der Waals surface area (Å²) < 4.78 is 0.991. The number of nitrogens with zero attached hydrogens (tertiary/aromatic N) is 2. The Balaban J connectivity index is 1.66. The number of para-hydroxylation sites is 1. The van der Waals surface area contributed by atoms with Gasteiger partial charge >= 0.3 is 0 Å². The van der Waals surface area contributed by atoms with Gasteiger partial charge in [0.05, 0.1) is 23.0 Å². The molecule has 0 unspecified atom stereocenters. The molecule has 0 spiro atoms. The zero-order valence-electron chi connectivity index (χ0n) is 14.8. The number of carbonyl (C=O) groups excluding carboxylic acids is 1. The molecule has 1 N–H and O–H groups in total. The number of benzene rings is 3. The summed E-state index contributed by atoms with van der Waals surface area (Å²) >= 11 is 3.40. The smallest absolute Gasteiger partial charge is 0.267 e. The molecule has 4 nitrogen and oxygen atoms in total. The zero-order chi connectivity index (χ0) is 19.3. The van der Waals surface area contributed by atoms with Gasteiger partial charge in [0, 0.05) is 15.4 Å². The van der Waals surface area contributed by atoms with Crippen LogP contribution in [0.1, 0.15) is 15.9 Å². The monoisotopic (exact) mass is 429 g/mol. The number of fused-ring (bicyclic) bond motifs is 1. The molecule has 0 atom stereocenters. The van der Waals surface area contributed by atoms with E-state index in [0.717, 1.165) is 32.2 Å². The number of rotatable bonds is 4. The number of hydrazone groups is 1. The van der Waals surface area contributed by atoms with Gasteiger partial charge in [-0.3, -0.25) is 4.79 Å². The van der Waals surface area contributed by atoms with Crippen molar-refractivity contribution in [3.05, 3.63) is 101 Å². The second-order valence-corrected chi connectivity index (χ2v) is 7.10. The molecule has 0 bridgehead atoms. The van der Waals surface area contributed by atoms with Gasteiger partial charge in [0.1, 0.15) is 0 Å². The predicted octanol–water partition coefficient (Wildman–Crippen LogP) is 5.43. The minimum atomic E-state index is -0.274. The molecule has 4 rings (SSSR count). The van der Waals surface area contributed by atoms with Crippen molar-refractivity contribution in [2.45, 2.75) is 0 Å². The van der Waals surface area contributed by atoms with E-state index in [2.05, 4.69) is 26.5 Å². The summed E-state index contributed by atoms with van der Waals surface area (Å²) in [7, 11) is 0. The molecule has 5 heteroatoms. The normalized spacial score (nSPS) is 11.0. The van der Waals surface area contributed by atoms with Gasteiger partial charge in [-0.15, -0.1) is 0 Å². The van der Waals surface area contributed by atoms with E-state index in [1.54, 1.807) is 6.21 Å². The highest BCUT2D eigenvalue weighted by Gasteiger charge is 2.13. The fraction of sp³-hybridized carbons (Fsp3) is 0. The van der Waals surface area contributed by atoms with Crippen molar-refractivity contribution in [1.82, 2.24) is 10.4 Å². The molecule has 0 aliphatic rings. The van der Waals surface area contributed by atoms with Gasteiger partial charge < -0.3 is 0 Å². The average Bonchev–Trinajstić information content (AvgIpc) is 2.75. The standard InChI is InChI=1S/C23H16BrN3O/c24-18-12-10-16(11-13-18)15-25-27-23(28)20-14-22(17-6-2-1-3-7-17)26-21-9-5-4-8-19(20)21/h1-15H,(H,27,28). The van der Waals surface area contributed by atoms with Crippen LogP contribution in [0, 0.1) is 0 Å². The van der Waals surface area contributed by atoms with Crippen molar-refractivity contribution >= 4 is 39.0 Å². The number of pyridine rings is 1. The maximum atomic E-state index is 12.8. The lowest BCUT2D eigenvalue weighted by Crippen LogP contribution is -2.18. The van der Waals surface area contributed by atoms with Gasteiger partial charge in [0.2, 0.25) is 0 Å². The van der Waals surface area contributed by atoms with E-state index in [1.165, 1.54) is 0 Å². The Bertz CT molecular complexity index is 1160. The number of nitrogens with one attached hydrogen (secondary N) is 1. The van der Waals surface area contributed by atoms with Gasteiger partial charge in [-0.05, 0) is 29.8 Å². The van der Waals surface area contributed by atoms with Crippen molar-refractivity contribution in [1.29, 1.82) is 0 Å². The van der Waals surface area contributed by atoms with Crippen LogP contribution in [0.5, 0.6) is 0 Å². The van der Waals surface area contributed by atoms with E-state index in [4.69, 9.17) is 4.98 Å². The van der Waals surface area contributed by atoms with Crippen LogP contribution in [0.3, 0.4) is 0 Å². The highest BCUT2D eigenvalue weighted by Crippen LogP contribution is 2.24. The van der Waals surface area contributed by atoms with Crippen molar-refractivity contribution in [3.8, 4) is 11.3 Å².